The highest BCUT2D eigenvalue weighted by Crippen LogP contribution is 2.25. The van der Waals surface area contributed by atoms with Crippen LogP contribution in [-0.2, 0) is 11.3 Å². The fraction of sp³-hybridized carbons (Fsp3) is 0.538. The van der Waals surface area contributed by atoms with Crippen LogP contribution < -0.4 is 4.90 Å². The first-order valence-electron chi connectivity index (χ1n) is 5.68. The van der Waals surface area contributed by atoms with Crippen molar-refractivity contribution in [1.29, 1.82) is 0 Å². The van der Waals surface area contributed by atoms with E-state index in [-0.39, 0.29) is 0 Å². The van der Waals surface area contributed by atoms with E-state index in [9.17, 15) is 0 Å². The minimum atomic E-state index is 0.740. The average Bonchev–Trinajstić information content (AvgIpc) is 2.26. The second kappa shape index (κ2) is 4.67. The van der Waals surface area contributed by atoms with E-state index in [0.29, 0.717) is 0 Å². The zero-order chi connectivity index (χ0) is 10.7. The van der Waals surface area contributed by atoms with Crippen molar-refractivity contribution in [3.05, 3.63) is 29.8 Å². The van der Waals surface area contributed by atoms with Gasteiger partial charge in [0.1, 0.15) is 6.73 Å². The van der Waals surface area contributed by atoms with Crippen LogP contribution in [0.5, 0.6) is 0 Å². The van der Waals surface area contributed by atoms with Crippen molar-refractivity contribution in [3.63, 3.8) is 0 Å². The van der Waals surface area contributed by atoms with Gasteiger partial charge >= 0.3 is 0 Å². The van der Waals surface area contributed by atoms with Crippen molar-refractivity contribution >= 4 is 5.69 Å². The minimum absolute atomic E-state index is 0.740. The molecule has 1 aromatic carbocycles. The highest BCUT2D eigenvalue weighted by atomic mass is 16.5. The molecule has 0 aliphatic carbocycles. The molecule has 0 unspecified atom stereocenters. The molecule has 0 radical (unpaired) electrons. The lowest BCUT2D eigenvalue weighted by Crippen LogP contribution is -2.32. The Kier molecular flexibility index (Phi) is 3.27. The van der Waals surface area contributed by atoms with E-state index in [1.165, 1.54) is 17.7 Å². The predicted octanol–water partition coefficient (Wildman–Crippen LogP) is 3.03. The Labute approximate surface area is 91.9 Å². The number of fused-ring (bicyclic) bond motifs is 1. The molecule has 1 aliphatic rings. The lowest BCUT2D eigenvalue weighted by Gasteiger charge is -2.31. The summed E-state index contributed by atoms with van der Waals surface area (Å²) < 4.78 is 5.57. The molecule has 2 heteroatoms. The molecule has 0 saturated carbocycles. The third-order valence-electron chi connectivity index (χ3n) is 2.81. The molecule has 82 valence electrons. The van der Waals surface area contributed by atoms with Crippen molar-refractivity contribution in [1.82, 2.24) is 0 Å². The first-order valence-corrected chi connectivity index (χ1v) is 5.68. The molecule has 0 bridgehead atoms. The maximum atomic E-state index is 5.57. The Morgan fingerprint density at radius 2 is 2.13 bits per heavy atom. The molecular formula is C13H19NO. The third kappa shape index (κ3) is 2.51. The van der Waals surface area contributed by atoms with Crippen LogP contribution in [0.15, 0.2) is 24.3 Å². The molecule has 0 atom stereocenters. The van der Waals surface area contributed by atoms with Gasteiger partial charge in [0, 0.05) is 17.8 Å². The fourth-order valence-electron chi connectivity index (χ4n) is 1.88. The smallest absolute Gasteiger partial charge is 0.119 e. The Morgan fingerprint density at radius 3 is 2.93 bits per heavy atom. The Morgan fingerprint density at radius 1 is 1.33 bits per heavy atom. The van der Waals surface area contributed by atoms with E-state index in [4.69, 9.17) is 4.74 Å². The maximum absolute atomic E-state index is 5.57. The standard InChI is InChI=1S/C13H19NO/c1-11(2)7-8-14-10-15-9-12-5-3-4-6-13(12)14/h3-6,11H,7-10H2,1-2H3. The number of anilines is 1. The van der Waals surface area contributed by atoms with Crippen LogP contribution in [0.25, 0.3) is 0 Å². The largest absolute Gasteiger partial charge is 0.356 e. The Bertz CT molecular complexity index is 322. The summed E-state index contributed by atoms with van der Waals surface area (Å²) in [7, 11) is 0. The summed E-state index contributed by atoms with van der Waals surface area (Å²) in [6.07, 6.45) is 1.22. The van der Waals surface area contributed by atoms with E-state index in [0.717, 1.165) is 25.8 Å². The fourth-order valence-corrected chi connectivity index (χ4v) is 1.88. The molecule has 0 N–H and O–H groups in total. The Hall–Kier alpha value is -1.02. The van der Waals surface area contributed by atoms with Gasteiger partial charge in [0.2, 0.25) is 0 Å². The number of hydrogen-bond acceptors (Lipinski definition) is 2. The van der Waals surface area contributed by atoms with Gasteiger partial charge in [-0.05, 0) is 18.4 Å². The molecule has 1 heterocycles. The first kappa shape index (κ1) is 10.5. The van der Waals surface area contributed by atoms with Crippen LogP contribution in [0, 0.1) is 5.92 Å². The molecule has 0 aromatic heterocycles. The summed E-state index contributed by atoms with van der Waals surface area (Å²) in [5.74, 6) is 0.749. The monoisotopic (exact) mass is 205 g/mol. The molecule has 0 amide bonds. The van der Waals surface area contributed by atoms with Crippen molar-refractivity contribution in [3.8, 4) is 0 Å². The van der Waals surface area contributed by atoms with Gasteiger partial charge < -0.3 is 9.64 Å². The van der Waals surface area contributed by atoms with Gasteiger partial charge in [0.15, 0.2) is 0 Å². The lowest BCUT2D eigenvalue weighted by atomic mass is 10.1. The topological polar surface area (TPSA) is 12.5 Å². The van der Waals surface area contributed by atoms with E-state index >= 15 is 0 Å². The van der Waals surface area contributed by atoms with Gasteiger partial charge in [-0.15, -0.1) is 0 Å². The number of rotatable bonds is 3. The molecule has 2 rings (SSSR count). The van der Waals surface area contributed by atoms with Gasteiger partial charge in [-0.3, -0.25) is 0 Å². The van der Waals surface area contributed by atoms with Crippen LogP contribution in [0.1, 0.15) is 25.8 Å². The second-order valence-electron chi connectivity index (χ2n) is 4.55. The summed E-state index contributed by atoms with van der Waals surface area (Å²) in [6, 6.07) is 8.52. The van der Waals surface area contributed by atoms with Crippen LogP contribution in [0.3, 0.4) is 0 Å². The molecule has 0 fully saturated rings. The molecule has 0 spiro atoms. The predicted molar refractivity (Wildman–Crippen MR) is 62.9 cm³/mol. The van der Waals surface area contributed by atoms with Gasteiger partial charge in [0.05, 0.1) is 6.61 Å². The van der Waals surface area contributed by atoms with E-state index in [2.05, 4.69) is 43.0 Å². The quantitative estimate of drug-likeness (QED) is 0.752. The maximum Gasteiger partial charge on any atom is 0.119 e. The Balaban J connectivity index is 2.08. The van der Waals surface area contributed by atoms with Crippen molar-refractivity contribution in [2.45, 2.75) is 26.9 Å². The number of hydrogen-bond donors (Lipinski definition) is 0. The average molecular weight is 205 g/mol. The summed E-state index contributed by atoms with van der Waals surface area (Å²) in [5, 5.41) is 0. The molecule has 2 nitrogen and oxygen atoms in total. The summed E-state index contributed by atoms with van der Waals surface area (Å²) in [5.41, 5.74) is 2.66. The molecule has 1 aromatic rings. The minimum Gasteiger partial charge on any atom is -0.356 e. The van der Waals surface area contributed by atoms with Crippen LogP contribution in [0.2, 0.25) is 0 Å². The van der Waals surface area contributed by atoms with Crippen molar-refractivity contribution < 1.29 is 4.74 Å². The SMILES string of the molecule is CC(C)CCN1COCc2ccccc21. The zero-order valence-electron chi connectivity index (χ0n) is 9.57. The van der Waals surface area contributed by atoms with Crippen molar-refractivity contribution in [2.24, 2.45) is 5.92 Å². The van der Waals surface area contributed by atoms with E-state index in [1.54, 1.807) is 0 Å². The van der Waals surface area contributed by atoms with Crippen LogP contribution in [-0.4, -0.2) is 13.3 Å². The highest BCUT2D eigenvalue weighted by Gasteiger charge is 2.15. The van der Waals surface area contributed by atoms with Gasteiger partial charge in [0.25, 0.3) is 0 Å². The van der Waals surface area contributed by atoms with Crippen molar-refractivity contribution in [2.75, 3.05) is 18.2 Å². The second-order valence-corrected chi connectivity index (χ2v) is 4.55. The lowest BCUT2D eigenvalue weighted by molar-refractivity contribution is 0.109. The highest BCUT2D eigenvalue weighted by molar-refractivity contribution is 5.54. The normalized spacial score (nSPS) is 15.5. The number of benzene rings is 1. The first-order chi connectivity index (χ1) is 7.27. The molecule has 0 saturated heterocycles. The molecule has 15 heavy (non-hydrogen) atoms. The summed E-state index contributed by atoms with van der Waals surface area (Å²) >= 11 is 0. The zero-order valence-corrected chi connectivity index (χ0v) is 9.57. The molecule has 1 aliphatic heterocycles. The van der Waals surface area contributed by atoms with Crippen LogP contribution in [0.4, 0.5) is 5.69 Å². The van der Waals surface area contributed by atoms with Gasteiger partial charge in [-0.1, -0.05) is 32.0 Å². The van der Waals surface area contributed by atoms with Gasteiger partial charge in [-0.2, -0.15) is 0 Å². The summed E-state index contributed by atoms with van der Waals surface area (Å²) in [4.78, 5) is 2.33. The van der Waals surface area contributed by atoms with Crippen LogP contribution >= 0.6 is 0 Å². The van der Waals surface area contributed by atoms with E-state index < -0.39 is 0 Å². The van der Waals surface area contributed by atoms with E-state index in [1.807, 2.05) is 0 Å². The number of para-hydroxylation sites is 1. The summed E-state index contributed by atoms with van der Waals surface area (Å²) in [6.45, 7) is 7.11. The number of nitrogens with zero attached hydrogens (tertiary/aromatic N) is 1. The molecular weight excluding hydrogens is 186 g/mol. The van der Waals surface area contributed by atoms with Gasteiger partial charge in [-0.25, -0.2) is 0 Å². The number of ether oxygens (including phenoxy) is 1. The third-order valence-corrected chi connectivity index (χ3v) is 2.81.